The molecule has 1 amide bonds. The van der Waals surface area contributed by atoms with Gasteiger partial charge in [0.2, 0.25) is 0 Å². The third-order valence-electron chi connectivity index (χ3n) is 2.97. The molecular weight excluding hydrogens is 371 g/mol. The molecule has 0 aliphatic rings. The number of amides is 1. The number of rotatable bonds is 7. The summed E-state index contributed by atoms with van der Waals surface area (Å²) >= 11 is -1.73. The molecule has 0 saturated carbocycles. The molecule has 0 heterocycles. The van der Waals surface area contributed by atoms with Crippen molar-refractivity contribution in [1.82, 2.24) is 0 Å². The number of aliphatic carboxylic acids is 1. The zero-order chi connectivity index (χ0) is 16.9. The van der Waals surface area contributed by atoms with E-state index in [-0.39, 0.29) is 11.7 Å². The zero-order valence-electron chi connectivity index (χ0n) is 12.2. The van der Waals surface area contributed by atoms with Gasteiger partial charge in [0, 0.05) is 0 Å². The summed E-state index contributed by atoms with van der Waals surface area (Å²) in [6, 6.07) is 5.20. The summed E-state index contributed by atoms with van der Waals surface area (Å²) in [6.07, 6.45) is 0. The molecule has 1 aromatic carbocycles. The summed E-state index contributed by atoms with van der Waals surface area (Å²) in [6.45, 7) is 3.35. The van der Waals surface area contributed by atoms with E-state index in [0.29, 0.717) is 10.0 Å². The van der Waals surface area contributed by atoms with Crippen LogP contribution < -0.4 is 15.4 Å². The molecule has 122 valence electrons. The minimum absolute atomic E-state index is 0.0630. The van der Waals surface area contributed by atoms with Crippen molar-refractivity contribution in [3.63, 3.8) is 0 Å². The van der Waals surface area contributed by atoms with Crippen LogP contribution in [0.1, 0.15) is 13.8 Å². The van der Waals surface area contributed by atoms with Crippen LogP contribution in [0.2, 0.25) is 0 Å². The molecule has 1 atom stereocenters. The van der Waals surface area contributed by atoms with E-state index in [0.717, 1.165) is 11.8 Å². The Hall–Kier alpha value is -1.05. The maximum absolute atomic E-state index is 11.9. The van der Waals surface area contributed by atoms with Crippen molar-refractivity contribution >= 4 is 49.0 Å². The number of carboxylic acids is 1. The van der Waals surface area contributed by atoms with Gasteiger partial charge < -0.3 is 0 Å². The van der Waals surface area contributed by atoms with Gasteiger partial charge in [-0.1, -0.05) is 0 Å². The fraction of sp³-hybridized carbons (Fsp3) is 0.385. The number of hydrogen-bond acceptors (Lipinski definition) is 6. The van der Waals surface area contributed by atoms with Crippen LogP contribution in [0.4, 0.5) is 5.69 Å². The molecule has 0 aliphatic carbocycles. The number of thioether (sulfide) groups is 1. The Balaban J connectivity index is 2.54. The Morgan fingerprint density at radius 1 is 1.32 bits per heavy atom. The molecule has 22 heavy (non-hydrogen) atoms. The van der Waals surface area contributed by atoms with Crippen molar-refractivity contribution in [3.05, 3.63) is 24.3 Å². The van der Waals surface area contributed by atoms with Crippen molar-refractivity contribution in [3.8, 4) is 0 Å². The van der Waals surface area contributed by atoms with Gasteiger partial charge in [-0.3, -0.25) is 0 Å². The Bertz CT molecular complexity index is 536. The summed E-state index contributed by atoms with van der Waals surface area (Å²) in [5.74, 6) is -1.33. The van der Waals surface area contributed by atoms with Gasteiger partial charge in [0.15, 0.2) is 0 Å². The van der Waals surface area contributed by atoms with Crippen LogP contribution in [0.3, 0.4) is 0 Å². The van der Waals surface area contributed by atoms with Gasteiger partial charge in [-0.15, -0.1) is 0 Å². The van der Waals surface area contributed by atoms with E-state index in [2.05, 4.69) is 5.32 Å². The third-order valence-corrected chi connectivity index (χ3v) is 5.97. The topological polar surface area (TPSA) is 133 Å². The van der Waals surface area contributed by atoms with Crippen LogP contribution in [0.15, 0.2) is 24.3 Å². The first-order chi connectivity index (χ1) is 10.1. The van der Waals surface area contributed by atoms with Gasteiger partial charge in [-0.05, 0) is 0 Å². The first-order valence-corrected chi connectivity index (χ1v) is 9.94. The third kappa shape index (κ3) is 5.62. The molecule has 1 aromatic rings. The molecule has 0 aliphatic heterocycles. The number of hydrogen-bond donors (Lipinski definition) is 5. The zero-order valence-corrected chi connectivity index (χ0v) is 14.9. The second-order valence-electron chi connectivity index (χ2n) is 5.09. The summed E-state index contributed by atoms with van der Waals surface area (Å²) in [5, 5.41) is 11.6. The quantitative estimate of drug-likeness (QED) is 0.386. The van der Waals surface area contributed by atoms with Crippen LogP contribution in [0.25, 0.3) is 0 Å². The predicted octanol–water partition coefficient (Wildman–Crippen LogP) is -0.771. The van der Waals surface area contributed by atoms with Gasteiger partial charge in [0.1, 0.15) is 0 Å². The molecule has 6 N–H and O–H groups in total. The molecule has 0 bridgehead atoms. The maximum atomic E-state index is 11.9. The van der Waals surface area contributed by atoms with E-state index in [4.69, 9.17) is 19.0 Å². The SMILES string of the molecule is CC(C)(SCC(=O)Nc1ccc([As](O)O)cc1)[C@@H](N)C(=O)O. The number of carbonyl (C=O) groups excluding carboxylic acids is 1. The number of nitrogens with two attached hydrogens (primary N) is 1. The second kappa shape index (κ2) is 7.99. The summed E-state index contributed by atoms with van der Waals surface area (Å²) < 4.78 is 17.9. The van der Waals surface area contributed by atoms with E-state index < -0.39 is 32.1 Å². The normalized spacial score (nSPS) is 13.0. The van der Waals surface area contributed by atoms with E-state index in [1.54, 1.807) is 38.1 Å². The van der Waals surface area contributed by atoms with Crippen LogP contribution in [-0.2, 0) is 9.59 Å². The van der Waals surface area contributed by atoms with Crippen molar-refractivity contribution in [2.24, 2.45) is 5.73 Å². The average Bonchev–Trinajstić information content (AvgIpc) is 2.45. The fourth-order valence-electron chi connectivity index (χ4n) is 1.51. The molecule has 0 spiro atoms. The molecule has 0 radical (unpaired) electrons. The van der Waals surface area contributed by atoms with Gasteiger partial charge in [-0.25, -0.2) is 0 Å². The molecule has 0 unspecified atom stereocenters. The van der Waals surface area contributed by atoms with Crippen LogP contribution >= 0.6 is 11.8 Å². The summed E-state index contributed by atoms with van der Waals surface area (Å²) in [7, 11) is 0. The molecule has 1 rings (SSSR count). The number of nitrogens with one attached hydrogen (secondary N) is 1. The first kappa shape index (κ1) is 19.0. The Kier molecular flexibility index (Phi) is 6.90. The fourth-order valence-corrected chi connectivity index (χ4v) is 3.24. The second-order valence-corrected chi connectivity index (χ2v) is 9.02. The molecule has 0 saturated heterocycles. The monoisotopic (exact) mass is 390 g/mol. The van der Waals surface area contributed by atoms with Gasteiger partial charge in [0.05, 0.1) is 0 Å². The number of carboxylic acid groups (broad SMARTS) is 1. The summed E-state index contributed by atoms with van der Waals surface area (Å²) in [5.41, 5.74) is 6.12. The van der Waals surface area contributed by atoms with Gasteiger partial charge in [-0.2, -0.15) is 0 Å². The number of benzene rings is 1. The Labute approximate surface area is 137 Å². The van der Waals surface area contributed by atoms with Crippen molar-refractivity contribution < 1.29 is 22.9 Å². The standard InChI is InChI=1S/C13H19AsN2O5S/c1-13(2,11(15)12(18)19)22-7-10(17)16-9-5-3-8(4-6-9)14(20)21/h3-6,11,20-21H,7,15H2,1-2H3,(H,16,17)(H,18,19)/t11-/m0/s1. The van der Waals surface area contributed by atoms with Crippen molar-refractivity contribution in [2.45, 2.75) is 24.6 Å². The predicted molar refractivity (Wildman–Crippen MR) is 87.0 cm³/mol. The Morgan fingerprint density at radius 3 is 2.32 bits per heavy atom. The first-order valence-electron chi connectivity index (χ1n) is 6.33. The minimum atomic E-state index is -2.89. The van der Waals surface area contributed by atoms with E-state index in [1.165, 1.54) is 0 Å². The van der Waals surface area contributed by atoms with Gasteiger partial charge >= 0.3 is 138 Å². The number of anilines is 1. The summed E-state index contributed by atoms with van der Waals surface area (Å²) in [4.78, 5) is 22.8. The van der Waals surface area contributed by atoms with E-state index >= 15 is 0 Å². The molecular formula is C13H19AsN2O5S. The molecule has 0 fully saturated rings. The van der Waals surface area contributed by atoms with Crippen LogP contribution in [-0.4, -0.2) is 57.1 Å². The Morgan fingerprint density at radius 2 is 1.86 bits per heavy atom. The van der Waals surface area contributed by atoms with Crippen LogP contribution in [0, 0.1) is 0 Å². The van der Waals surface area contributed by atoms with Crippen molar-refractivity contribution in [1.29, 1.82) is 0 Å². The van der Waals surface area contributed by atoms with Crippen LogP contribution in [0.5, 0.6) is 0 Å². The van der Waals surface area contributed by atoms with E-state index in [1.807, 2.05) is 0 Å². The number of carbonyl (C=O) groups is 2. The van der Waals surface area contributed by atoms with Gasteiger partial charge in [0.25, 0.3) is 0 Å². The van der Waals surface area contributed by atoms with Crippen molar-refractivity contribution in [2.75, 3.05) is 11.1 Å². The molecule has 0 aromatic heterocycles. The molecule has 9 heteroatoms. The average molecular weight is 390 g/mol. The van der Waals surface area contributed by atoms with E-state index in [9.17, 15) is 9.59 Å². The molecule has 7 nitrogen and oxygen atoms in total.